The van der Waals surface area contributed by atoms with Gasteiger partial charge in [0.05, 0.1) is 16.6 Å². The Hall–Kier alpha value is -3.09. The Morgan fingerprint density at radius 3 is 2.44 bits per heavy atom. The van der Waals surface area contributed by atoms with E-state index in [2.05, 4.69) is 10.3 Å². The molecule has 2 aromatic carbocycles. The lowest BCUT2D eigenvalue weighted by Crippen LogP contribution is -2.18. The van der Waals surface area contributed by atoms with E-state index in [1.165, 1.54) is 24.3 Å². The van der Waals surface area contributed by atoms with Crippen LogP contribution in [0.25, 0.3) is 10.9 Å². The molecule has 1 amide bonds. The lowest BCUT2D eigenvalue weighted by Gasteiger charge is -2.14. The van der Waals surface area contributed by atoms with E-state index in [4.69, 9.17) is 0 Å². The molecule has 0 saturated carbocycles. The van der Waals surface area contributed by atoms with Crippen molar-refractivity contribution in [3.63, 3.8) is 0 Å². The van der Waals surface area contributed by atoms with Crippen LogP contribution in [0.2, 0.25) is 0 Å². The fraction of sp³-hybridized carbons (Fsp3) is 0.200. The van der Waals surface area contributed by atoms with E-state index in [1.807, 2.05) is 13.8 Å². The maximum Gasteiger partial charge on any atom is 0.417 e. The van der Waals surface area contributed by atoms with E-state index in [0.29, 0.717) is 11.2 Å². The van der Waals surface area contributed by atoms with Crippen LogP contribution in [0.3, 0.4) is 0 Å². The topological polar surface area (TPSA) is 62.0 Å². The number of H-pyrrole nitrogens is 1. The molecule has 3 rings (SSSR count). The molecule has 3 aromatic rings. The molecule has 7 heteroatoms. The number of anilines is 1. The second kappa shape index (κ2) is 6.90. The van der Waals surface area contributed by atoms with Crippen molar-refractivity contribution in [1.82, 2.24) is 4.98 Å². The number of hydrogen-bond acceptors (Lipinski definition) is 2. The van der Waals surface area contributed by atoms with Crippen LogP contribution in [0, 0.1) is 0 Å². The largest absolute Gasteiger partial charge is 0.417 e. The number of amides is 1. The molecule has 1 heterocycles. The van der Waals surface area contributed by atoms with Gasteiger partial charge in [-0.3, -0.25) is 9.59 Å². The molecular weight excluding hydrogens is 357 g/mol. The van der Waals surface area contributed by atoms with Crippen molar-refractivity contribution >= 4 is 22.5 Å². The summed E-state index contributed by atoms with van der Waals surface area (Å²) in [5, 5.41) is 3.29. The minimum Gasteiger partial charge on any atom is -0.322 e. The SMILES string of the molecule is CC(C)c1cc(=O)[nH]c2cc(NC(=O)c3ccccc3C(F)(F)F)ccc12. The summed E-state index contributed by atoms with van der Waals surface area (Å²) in [5.41, 5.74) is -0.0893. The molecule has 0 aliphatic carbocycles. The first-order valence-corrected chi connectivity index (χ1v) is 8.31. The van der Waals surface area contributed by atoms with Crippen molar-refractivity contribution in [2.45, 2.75) is 25.9 Å². The monoisotopic (exact) mass is 374 g/mol. The van der Waals surface area contributed by atoms with Crippen molar-refractivity contribution in [2.24, 2.45) is 0 Å². The van der Waals surface area contributed by atoms with Crippen molar-refractivity contribution < 1.29 is 18.0 Å². The van der Waals surface area contributed by atoms with Gasteiger partial charge >= 0.3 is 6.18 Å². The molecule has 0 unspecified atom stereocenters. The van der Waals surface area contributed by atoms with E-state index in [1.54, 1.807) is 12.1 Å². The molecule has 0 bridgehead atoms. The predicted octanol–water partition coefficient (Wildman–Crippen LogP) is 4.92. The smallest absolute Gasteiger partial charge is 0.322 e. The molecular formula is C20H17F3N2O2. The van der Waals surface area contributed by atoms with Crippen molar-refractivity contribution in [3.05, 3.63) is 75.6 Å². The second-order valence-electron chi connectivity index (χ2n) is 6.50. The molecule has 27 heavy (non-hydrogen) atoms. The summed E-state index contributed by atoms with van der Waals surface area (Å²) in [5.74, 6) is -0.751. The molecule has 1 aromatic heterocycles. The third-order valence-corrected chi connectivity index (χ3v) is 4.23. The number of aromatic amines is 1. The van der Waals surface area contributed by atoms with E-state index in [0.717, 1.165) is 23.1 Å². The molecule has 0 atom stereocenters. The van der Waals surface area contributed by atoms with Gasteiger partial charge in [0.2, 0.25) is 5.56 Å². The number of nitrogens with one attached hydrogen (secondary N) is 2. The van der Waals surface area contributed by atoms with Gasteiger partial charge in [0, 0.05) is 17.1 Å². The summed E-state index contributed by atoms with van der Waals surface area (Å²) in [6.07, 6.45) is -4.63. The average Bonchev–Trinajstić information content (AvgIpc) is 2.59. The van der Waals surface area contributed by atoms with Gasteiger partial charge in [-0.2, -0.15) is 13.2 Å². The van der Waals surface area contributed by atoms with Gasteiger partial charge in [-0.25, -0.2) is 0 Å². The summed E-state index contributed by atoms with van der Waals surface area (Å²) >= 11 is 0. The third kappa shape index (κ3) is 3.86. The Labute approximate surface area is 153 Å². The fourth-order valence-electron chi connectivity index (χ4n) is 2.97. The number of hydrogen-bond donors (Lipinski definition) is 2. The molecule has 2 N–H and O–H groups in total. The van der Waals surface area contributed by atoms with E-state index < -0.39 is 23.2 Å². The maximum atomic E-state index is 13.1. The lowest BCUT2D eigenvalue weighted by molar-refractivity contribution is -0.137. The summed E-state index contributed by atoms with van der Waals surface area (Å²) in [4.78, 5) is 26.9. The number of rotatable bonds is 3. The number of carbonyl (C=O) groups excluding carboxylic acids is 1. The number of aromatic nitrogens is 1. The van der Waals surface area contributed by atoms with Gasteiger partial charge in [-0.15, -0.1) is 0 Å². The summed E-state index contributed by atoms with van der Waals surface area (Å²) in [7, 11) is 0. The molecule has 0 aliphatic rings. The molecule has 4 nitrogen and oxygen atoms in total. The van der Waals surface area contributed by atoms with Crippen LogP contribution < -0.4 is 10.9 Å². The highest BCUT2D eigenvalue weighted by atomic mass is 19.4. The number of fused-ring (bicyclic) bond motifs is 1. The lowest BCUT2D eigenvalue weighted by atomic mass is 9.99. The van der Waals surface area contributed by atoms with Crippen LogP contribution in [0.5, 0.6) is 0 Å². The van der Waals surface area contributed by atoms with E-state index >= 15 is 0 Å². The molecule has 0 saturated heterocycles. The van der Waals surface area contributed by atoms with E-state index in [-0.39, 0.29) is 11.5 Å². The normalized spacial score (nSPS) is 11.8. The standard InChI is InChI=1S/C20H17F3N2O2/c1-11(2)15-10-18(26)25-17-9-12(7-8-13(15)17)24-19(27)14-5-3-4-6-16(14)20(21,22)23/h3-11H,1-2H3,(H,24,27)(H,25,26). The Morgan fingerprint density at radius 1 is 1.07 bits per heavy atom. The van der Waals surface area contributed by atoms with E-state index in [9.17, 15) is 22.8 Å². The van der Waals surface area contributed by atoms with Crippen molar-refractivity contribution in [2.75, 3.05) is 5.32 Å². The van der Waals surface area contributed by atoms with Gasteiger partial charge in [0.15, 0.2) is 0 Å². The number of benzene rings is 2. The first-order valence-electron chi connectivity index (χ1n) is 8.31. The van der Waals surface area contributed by atoms with Gasteiger partial charge in [0.25, 0.3) is 5.91 Å². The zero-order valence-electron chi connectivity index (χ0n) is 14.6. The highest BCUT2D eigenvalue weighted by molar-refractivity contribution is 6.06. The first-order chi connectivity index (χ1) is 12.7. The van der Waals surface area contributed by atoms with Gasteiger partial charge in [-0.05, 0) is 35.7 Å². The first kappa shape index (κ1) is 18.7. The zero-order valence-corrected chi connectivity index (χ0v) is 14.6. The Balaban J connectivity index is 1.99. The van der Waals surface area contributed by atoms with Gasteiger partial charge in [-0.1, -0.05) is 32.0 Å². The Bertz CT molecular complexity index is 1070. The van der Waals surface area contributed by atoms with Crippen LogP contribution >= 0.6 is 0 Å². The summed E-state index contributed by atoms with van der Waals surface area (Å²) < 4.78 is 39.3. The van der Waals surface area contributed by atoms with Gasteiger partial charge in [0.1, 0.15) is 0 Å². The fourth-order valence-corrected chi connectivity index (χ4v) is 2.97. The predicted molar refractivity (Wildman–Crippen MR) is 98.1 cm³/mol. The Kier molecular flexibility index (Phi) is 4.78. The summed E-state index contributed by atoms with van der Waals surface area (Å²) in [6, 6.07) is 11.0. The summed E-state index contributed by atoms with van der Waals surface area (Å²) in [6.45, 7) is 3.91. The highest BCUT2D eigenvalue weighted by Gasteiger charge is 2.34. The second-order valence-corrected chi connectivity index (χ2v) is 6.50. The average molecular weight is 374 g/mol. The highest BCUT2D eigenvalue weighted by Crippen LogP contribution is 2.32. The quantitative estimate of drug-likeness (QED) is 0.683. The van der Waals surface area contributed by atoms with Crippen LogP contribution in [0.4, 0.5) is 18.9 Å². The van der Waals surface area contributed by atoms with Crippen molar-refractivity contribution in [3.8, 4) is 0 Å². The minimum absolute atomic E-state index is 0.119. The van der Waals surface area contributed by atoms with Crippen LogP contribution in [0.15, 0.2) is 53.3 Å². The molecule has 0 fully saturated rings. The number of halogens is 3. The number of carbonyl (C=O) groups is 1. The van der Waals surface area contributed by atoms with Crippen molar-refractivity contribution in [1.29, 1.82) is 0 Å². The Morgan fingerprint density at radius 2 is 1.78 bits per heavy atom. The zero-order chi connectivity index (χ0) is 19.8. The number of pyridine rings is 1. The van der Waals surface area contributed by atoms with Crippen LogP contribution in [-0.4, -0.2) is 10.9 Å². The van der Waals surface area contributed by atoms with Gasteiger partial charge < -0.3 is 10.3 Å². The molecule has 0 spiro atoms. The molecule has 0 radical (unpaired) electrons. The van der Waals surface area contributed by atoms with Crippen LogP contribution in [-0.2, 0) is 6.18 Å². The maximum absolute atomic E-state index is 13.1. The minimum atomic E-state index is -4.63. The molecule has 0 aliphatic heterocycles. The van der Waals surface area contributed by atoms with Crippen LogP contribution in [0.1, 0.15) is 41.3 Å². The third-order valence-electron chi connectivity index (χ3n) is 4.23. The number of alkyl halides is 3. The molecule has 140 valence electrons.